The zero-order chi connectivity index (χ0) is 15.6. The highest BCUT2D eigenvalue weighted by Crippen LogP contribution is 2.32. The zero-order valence-electron chi connectivity index (χ0n) is 12.2. The summed E-state index contributed by atoms with van der Waals surface area (Å²) in [6, 6.07) is 7.37. The Balaban J connectivity index is 2.46. The second kappa shape index (κ2) is 5.82. The largest absolute Gasteiger partial charge is 0.497 e. The molecule has 1 atom stereocenters. The van der Waals surface area contributed by atoms with Gasteiger partial charge in [0.25, 0.3) is 0 Å². The van der Waals surface area contributed by atoms with Crippen molar-refractivity contribution in [3.05, 3.63) is 45.6 Å². The van der Waals surface area contributed by atoms with Crippen LogP contribution in [0.5, 0.6) is 5.75 Å². The van der Waals surface area contributed by atoms with Crippen LogP contribution in [0.1, 0.15) is 30.6 Å². The lowest BCUT2D eigenvalue weighted by atomic mass is 10.0. The van der Waals surface area contributed by atoms with Crippen molar-refractivity contribution in [2.75, 3.05) is 12.8 Å². The summed E-state index contributed by atoms with van der Waals surface area (Å²) in [5.74, 6) is 0.837. The van der Waals surface area contributed by atoms with Crippen LogP contribution < -0.4 is 10.5 Å². The molecule has 0 aliphatic carbocycles. The number of anilines is 1. The van der Waals surface area contributed by atoms with E-state index in [-0.39, 0.29) is 17.5 Å². The van der Waals surface area contributed by atoms with E-state index >= 15 is 0 Å². The smallest absolute Gasteiger partial charge is 0.333 e. The van der Waals surface area contributed by atoms with Gasteiger partial charge in [-0.3, -0.25) is 10.1 Å². The molecule has 0 saturated carbocycles. The third-order valence-electron chi connectivity index (χ3n) is 3.45. The second-order valence-electron chi connectivity index (χ2n) is 4.72. The quantitative estimate of drug-likeness (QED) is 0.674. The molecule has 2 rings (SSSR count). The van der Waals surface area contributed by atoms with E-state index < -0.39 is 4.92 Å². The minimum atomic E-state index is -0.491. The first kappa shape index (κ1) is 14.8. The van der Waals surface area contributed by atoms with Gasteiger partial charge in [0.2, 0.25) is 5.82 Å². The van der Waals surface area contributed by atoms with Gasteiger partial charge in [-0.05, 0) is 31.0 Å². The molecular formula is C14H18N4O3. The third kappa shape index (κ3) is 2.67. The van der Waals surface area contributed by atoms with Crippen LogP contribution in [0.25, 0.3) is 0 Å². The molecule has 1 heterocycles. The molecule has 2 aromatic rings. The Morgan fingerprint density at radius 3 is 2.48 bits per heavy atom. The van der Waals surface area contributed by atoms with E-state index in [2.05, 4.69) is 5.10 Å². The summed E-state index contributed by atoms with van der Waals surface area (Å²) in [7, 11) is 1.60. The first-order valence-corrected chi connectivity index (χ1v) is 6.62. The fraction of sp³-hybridized carbons (Fsp3) is 0.357. The van der Waals surface area contributed by atoms with Crippen LogP contribution in [-0.2, 0) is 0 Å². The van der Waals surface area contributed by atoms with Gasteiger partial charge in [0.05, 0.1) is 18.1 Å². The fourth-order valence-electron chi connectivity index (χ4n) is 2.40. The Hall–Kier alpha value is -2.57. The van der Waals surface area contributed by atoms with Crippen molar-refractivity contribution in [1.82, 2.24) is 9.78 Å². The zero-order valence-corrected chi connectivity index (χ0v) is 12.2. The maximum atomic E-state index is 11.0. The number of hydrogen-bond acceptors (Lipinski definition) is 5. The standard InChI is InChI=1S/C14H18N4O3/c1-4-12(10-5-7-11(21-3)8-6-10)17-14(15)13(18(19)20)9(2)16-17/h5-8,12H,4,15H2,1-3H3. The normalized spacial score (nSPS) is 12.1. The molecule has 1 aromatic heterocycles. The molecule has 0 aliphatic rings. The number of aromatic nitrogens is 2. The highest BCUT2D eigenvalue weighted by molar-refractivity contribution is 5.56. The molecule has 0 aliphatic heterocycles. The molecule has 0 amide bonds. The average molecular weight is 290 g/mol. The number of aryl methyl sites for hydroxylation is 1. The Labute approximate surface area is 122 Å². The van der Waals surface area contributed by atoms with E-state index in [1.807, 2.05) is 31.2 Å². The van der Waals surface area contributed by atoms with Crippen LogP contribution in [0.3, 0.4) is 0 Å². The van der Waals surface area contributed by atoms with Crippen molar-refractivity contribution in [3.63, 3.8) is 0 Å². The molecule has 2 N–H and O–H groups in total. The van der Waals surface area contributed by atoms with Crippen molar-refractivity contribution >= 4 is 11.5 Å². The van der Waals surface area contributed by atoms with Crippen LogP contribution in [0, 0.1) is 17.0 Å². The fourth-order valence-corrected chi connectivity index (χ4v) is 2.40. The number of nitrogens with two attached hydrogens (primary N) is 1. The number of hydrogen-bond donors (Lipinski definition) is 1. The van der Waals surface area contributed by atoms with E-state index in [0.717, 1.165) is 17.7 Å². The average Bonchev–Trinajstić information content (AvgIpc) is 2.75. The number of ether oxygens (including phenoxy) is 1. The molecule has 7 nitrogen and oxygen atoms in total. The minimum Gasteiger partial charge on any atom is -0.497 e. The van der Waals surface area contributed by atoms with E-state index in [4.69, 9.17) is 10.5 Å². The summed E-state index contributed by atoms with van der Waals surface area (Å²) in [6.07, 6.45) is 0.717. The predicted molar refractivity (Wildman–Crippen MR) is 79.5 cm³/mol. The van der Waals surface area contributed by atoms with Gasteiger partial charge in [-0.1, -0.05) is 19.1 Å². The Kier molecular flexibility index (Phi) is 4.11. The van der Waals surface area contributed by atoms with Crippen LogP contribution in [0.2, 0.25) is 0 Å². The van der Waals surface area contributed by atoms with Crippen molar-refractivity contribution in [2.24, 2.45) is 0 Å². The van der Waals surface area contributed by atoms with Crippen molar-refractivity contribution in [2.45, 2.75) is 26.3 Å². The lowest BCUT2D eigenvalue weighted by Gasteiger charge is -2.17. The van der Waals surface area contributed by atoms with E-state index in [9.17, 15) is 10.1 Å². The molecule has 0 radical (unpaired) electrons. The molecule has 0 spiro atoms. The first-order chi connectivity index (χ1) is 9.99. The van der Waals surface area contributed by atoms with Crippen molar-refractivity contribution in [1.29, 1.82) is 0 Å². The van der Waals surface area contributed by atoms with Crippen LogP contribution in [0.4, 0.5) is 11.5 Å². The van der Waals surface area contributed by atoms with E-state index in [1.165, 1.54) is 4.68 Å². The van der Waals surface area contributed by atoms with Gasteiger partial charge in [0.1, 0.15) is 11.4 Å². The summed E-state index contributed by atoms with van der Waals surface area (Å²) in [5, 5.41) is 15.3. The van der Waals surface area contributed by atoms with Gasteiger partial charge >= 0.3 is 5.69 Å². The topological polar surface area (TPSA) is 96.2 Å². The highest BCUT2D eigenvalue weighted by Gasteiger charge is 2.26. The van der Waals surface area contributed by atoms with Crippen LogP contribution in [-0.4, -0.2) is 21.8 Å². The van der Waals surface area contributed by atoms with Gasteiger partial charge in [0.15, 0.2) is 0 Å². The minimum absolute atomic E-state index is 0.0835. The molecule has 0 saturated heterocycles. The monoisotopic (exact) mass is 290 g/mol. The predicted octanol–water partition coefficient (Wildman–Crippen LogP) is 2.69. The second-order valence-corrected chi connectivity index (χ2v) is 4.72. The third-order valence-corrected chi connectivity index (χ3v) is 3.45. The number of benzene rings is 1. The number of nitrogen functional groups attached to an aromatic ring is 1. The van der Waals surface area contributed by atoms with Crippen LogP contribution >= 0.6 is 0 Å². The van der Waals surface area contributed by atoms with Gasteiger partial charge in [-0.15, -0.1) is 0 Å². The number of methoxy groups -OCH3 is 1. The maximum absolute atomic E-state index is 11.0. The van der Waals surface area contributed by atoms with E-state index in [0.29, 0.717) is 5.69 Å². The highest BCUT2D eigenvalue weighted by atomic mass is 16.6. The van der Waals surface area contributed by atoms with Crippen molar-refractivity contribution in [3.8, 4) is 5.75 Å². The molecule has 0 bridgehead atoms. The lowest BCUT2D eigenvalue weighted by Crippen LogP contribution is -2.14. The summed E-state index contributed by atoms with van der Waals surface area (Å²) >= 11 is 0. The molecule has 0 fully saturated rings. The van der Waals surface area contributed by atoms with Gasteiger partial charge in [-0.25, -0.2) is 4.68 Å². The SMILES string of the molecule is CCC(c1ccc(OC)cc1)n1nc(C)c([N+](=O)[O-])c1N. The van der Waals surface area contributed by atoms with Gasteiger partial charge in [-0.2, -0.15) is 5.10 Å². The van der Waals surface area contributed by atoms with Gasteiger partial charge in [0, 0.05) is 0 Å². The first-order valence-electron chi connectivity index (χ1n) is 6.62. The summed E-state index contributed by atoms with van der Waals surface area (Å²) in [6.45, 7) is 3.57. The molecule has 1 unspecified atom stereocenters. The number of nitrogens with zero attached hydrogens (tertiary/aromatic N) is 3. The molecule has 7 heteroatoms. The number of rotatable bonds is 5. The van der Waals surface area contributed by atoms with Gasteiger partial charge < -0.3 is 10.5 Å². The molecule has 112 valence electrons. The summed E-state index contributed by atoms with van der Waals surface area (Å²) in [4.78, 5) is 10.6. The molecule has 21 heavy (non-hydrogen) atoms. The number of nitro groups is 1. The molecular weight excluding hydrogens is 272 g/mol. The Morgan fingerprint density at radius 1 is 1.43 bits per heavy atom. The lowest BCUT2D eigenvalue weighted by molar-refractivity contribution is -0.384. The summed E-state index contributed by atoms with van der Waals surface area (Å²) < 4.78 is 6.65. The summed E-state index contributed by atoms with van der Waals surface area (Å²) in [5.41, 5.74) is 7.08. The molecule has 1 aromatic carbocycles. The Bertz CT molecular complexity index is 649. The van der Waals surface area contributed by atoms with Crippen LogP contribution in [0.15, 0.2) is 24.3 Å². The maximum Gasteiger partial charge on any atom is 0.333 e. The van der Waals surface area contributed by atoms with E-state index in [1.54, 1.807) is 14.0 Å². The van der Waals surface area contributed by atoms with Crippen molar-refractivity contribution < 1.29 is 9.66 Å². The Morgan fingerprint density at radius 2 is 2.05 bits per heavy atom.